The lowest BCUT2D eigenvalue weighted by atomic mass is 10.1. The molecular formula is C27H30N2O3S. The van der Waals surface area contributed by atoms with Crippen molar-refractivity contribution in [2.75, 3.05) is 19.8 Å². The molecule has 0 unspecified atom stereocenters. The number of hydrogen-bond acceptors (Lipinski definition) is 4. The van der Waals surface area contributed by atoms with Crippen molar-refractivity contribution in [1.29, 1.82) is 0 Å². The number of carbonyl (C=O) groups excluding carboxylic acids is 1. The molecule has 0 atom stereocenters. The second-order valence-electron chi connectivity index (χ2n) is 7.93. The van der Waals surface area contributed by atoms with Gasteiger partial charge in [0.15, 0.2) is 11.5 Å². The number of nitrogens with zero attached hydrogens (tertiary/aromatic N) is 1. The lowest BCUT2D eigenvalue weighted by molar-refractivity contribution is 0.0946. The summed E-state index contributed by atoms with van der Waals surface area (Å²) in [4.78, 5) is 13.1. The first kappa shape index (κ1) is 22.9. The van der Waals surface area contributed by atoms with Crippen LogP contribution in [0, 0.1) is 6.92 Å². The van der Waals surface area contributed by atoms with Crippen molar-refractivity contribution in [1.82, 2.24) is 9.88 Å². The summed E-state index contributed by atoms with van der Waals surface area (Å²) < 4.78 is 14.6. The van der Waals surface area contributed by atoms with Crippen LogP contribution in [0.1, 0.15) is 41.0 Å². The highest BCUT2D eigenvalue weighted by Crippen LogP contribution is 2.29. The van der Waals surface area contributed by atoms with Crippen molar-refractivity contribution in [3.05, 3.63) is 82.4 Å². The van der Waals surface area contributed by atoms with E-state index in [4.69, 9.17) is 9.47 Å². The third-order valence-corrected chi connectivity index (χ3v) is 6.34. The van der Waals surface area contributed by atoms with E-state index < -0.39 is 0 Å². The normalized spacial score (nSPS) is 11.0. The average Bonchev–Trinajstić information content (AvgIpc) is 3.38. The molecule has 33 heavy (non-hydrogen) atoms. The zero-order valence-electron chi connectivity index (χ0n) is 19.4. The van der Waals surface area contributed by atoms with Crippen molar-refractivity contribution in [2.45, 2.75) is 33.7 Å². The number of nitrogens with one attached hydrogen (secondary N) is 1. The Labute approximate surface area is 199 Å². The Bertz CT molecular complexity index is 1240. The van der Waals surface area contributed by atoms with Crippen LogP contribution in [0.25, 0.3) is 10.2 Å². The Kier molecular flexibility index (Phi) is 7.35. The highest BCUT2D eigenvalue weighted by Gasteiger charge is 2.17. The molecule has 4 rings (SSSR count). The molecule has 0 bridgehead atoms. The van der Waals surface area contributed by atoms with Crippen LogP contribution in [0.5, 0.6) is 11.5 Å². The fraction of sp³-hybridized carbons (Fsp3) is 0.296. The van der Waals surface area contributed by atoms with Crippen LogP contribution in [0.15, 0.2) is 60.0 Å². The summed E-state index contributed by atoms with van der Waals surface area (Å²) in [5.74, 6) is 1.44. The molecule has 4 aromatic rings. The summed E-state index contributed by atoms with van der Waals surface area (Å²) in [6, 6.07) is 18.5. The summed E-state index contributed by atoms with van der Waals surface area (Å²) >= 11 is 1.66. The van der Waals surface area contributed by atoms with E-state index in [9.17, 15) is 4.79 Å². The fourth-order valence-electron chi connectivity index (χ4n) is 3.99. The third kappa shape index (κ3) is 5.40. The van der Waals surface area contributed by atoms with Gasteiger partial charge in [-0.15, -0.1) is 11.3 Å². The number of amides is 1. The standard InChI is InChI=1S/C27H30N2O3S/c1-4-31-24-10-9-20(16-25(24)32-5-2)11-13-28-27(30)23-17-26-22(12-14-33-26)29(23)18-21-8-6-7-19(3)15-21/h6-10,12,14-17H,4-5,11,13,18H2,1-3H3,(H,28,30). The Morgan fingerprint density at radius 1 is 0.970 bits per heavy atom. The minimum atomic E-state index is -0.0537. The summed E-state index contributed by atoms with van der Waals surface area (Å²) in [5.41, 5.74) is 5.29. The zero-order chi connectivity index (χ0) is 23.2. The molecule has 0 fully saturated rings. The van der Waals surface area contributed by atoms with Crippen molar-refractivity contribution >= 4 is 27.5 Å². The topological polar surface area (TPSA) is 52.5 Å². The van der Waals surface area contributed by atoms with Crippen molar-refractivity contribution in [3.63, 3.8) is 0 Å². The van der Waals surface area contributed by atoms with E-state index >= 15 is 0 Å². The van der Waals surface area contributed by atoms with E-state index in [-0.39, 0.29) is 5.91 Å². The SMILES string of the molecule is CCOc1ccc(CCNC(=O)c2cc3sccc3n2Cc2cccc(C)c2)cc1OCC. The fourth-order valence-corrected chi connectivity index (χ4v) is 4.81. The van der Waals surface area contributed by atoms with E-state index in [1.807, 2.05) is 38.1 Å². The molecule has 172 valence electrons. The highest BCUT2D eigenvalue weighted by atomic mass is 32.1. The number of hydrogen-bond donors (Lipinski definition) is 1. The summed E-state index contributed by atoms with van der Waals surface area (Å²) in [6.45, 7) is 8.38. The highest BCUT2D eigenvalue weighted by molar-refractivity contribution is 7.17. The van der Waals surface area contributed by atoms with Gasteiger partial charge >= 0.3 is 0 Å². The Morgan fingerprint density at radius 3 is 2.58 bits per heavy atom. The van der Waals surface area contributed by atoms with Crippen molar-refractivity contribution in [3.8, 4) is 11.5 Å². The maximum atomic E-state index is 13.1. The van der Waals surface area contributed by atoms with Gasteiger partial charge in [0, 0.05) is 13.1 Å². The predicted octanol–water partition coefficient (Wildman–Crippen LogP) is 5.83. The molecule has 2 heterocycles. The van der Waals surface area contributed by atoms with Gasteiger partial charge in [0.1, 0.15) is 5.69 Å². The van der Waals surface area contributed by atoms with Gasteiger partial charge in [0.25, 0.3) is 5.91 Å². The Morgan fingerprint density at radius 2 is 1.79 bits per heavy atom. The monoisotopic (exact) mass is 462 g/mol. The van der Waals surface area contributed by atoms with Gasteiger partial charge < -0.3 is 19.4 Å². The second-order valence-corrected chi connectivity index (χ2v) is 8.88. The van der Waals surface area contributed by atoms with Gasteiger partial charge in [-0.3, -0.25) is 4.79 Å². The molecule has 0 spiro atoms. The van der Waals surface area contributed by atoms with E-state index in [1.54, 1.807) is 11.3 Å². The maximum Gasteiger partial charge on any atom is 0.267 e. The van der Waals surface area contributed by atoms with E-state index in [2.05, 4.69) is 52.5 Å². The molecule has 1 amide bonds. The van der Waals surface area contributed by atoms with Crippen LogP contribution in [0.4, 0.5) is 0 Å². The molecule has 5 nitrogen and oxygen atoms in total. The number of aryl methyl sites for hydroxylation is 1. The molecule has 2 aromatic heterocycles. The van der Waals surface area contributed by atoms with Crippen molar-refractivity contribution in [2.24, 2.45) is 0 Å². The van der Waals surface area contributed by atoms with Crippen LogP contribution >= 0.6 is 11.3 Å². The number of aromatic nitrogens is 1. The predicted molar refractivity (Wildman–Crippen MR) is 135 cm³/mol. The third-order valence-electron chi connectivity index (χ3n) is 5.49. The number of carbonyl (C=O) groups is 1. The minimum absolute atomic E-state index is 0.0537. The van der Waals surface area contributed by atoms with Gasteiger partial charge in [-0.1, -0.05) is 35.9 Å². The molecule has 0 radical (unpaired) electrons. The van der Waals surface area contributed by atoms with Crippen LogP contribution in [-0.2, 0) is 13.0 Å². The first-order chi connectivity index (χ1) is 16.1. The lowest BCUT2D eigenvalue weighted by Crippen LogP contribution is -2.28. The van der Waals surface area contributed by atoms with Gasteiger partial charge in [0.05, 0.1) is 23.4 Å². The Balaban J connectivity index is 1.46. The molecule has 0 aliphatic carbocycles. The largest absolute Gasteiger partial charge is 0.490 e. The van der Waals surface area contributed by atoms with Crippen LogP contribution in [0.2, 0.25) is 0 Å². The molecule has 2 aromatic carbocycles. The molecule has 0 aliphatic rings. The van der Waals surface area contributed by atoms with E-state index in [1.165, 1.54) is 11.1 Å². The van der Waals surface area contributed by atoms with Crippen LogP contribution in [-0.4, -0.2) is 30.2 Å². The maximum absolute atomic E-state index is 13.1. The molecule has 0 aliphatic heterocycles. The molecular weight excluding hydrogens is 432 g/mol. The van der Waals surface area contributed by atoms with Crippen molar-refractivity contribution < 1.29 is 14.3 Å². The number of rotatable bonds is 10. The molecule has 6 heteroatoms. The number of benzene rings is 2. The van der Waals surface area contributed by atoms with Gasteiger partial charge in [-0.2, -0.15) is 0 Å². The molecule has 1 N–H and O–H groups in total. The zero-order valence-corrected chi connectivity index (χ0v) is 20.2. The van der Waals surface area contributed by atoms with Gasteiger partial charge in [0.2, 0.25) is 0 Å². The number of fused-ring (bicyclic) bond motifs is 1. The summed E-state index contributed by atoms with van der Waals surface area (Å²) in [7, 11) is 0. The van der Waals surface area contributed by atoms with E-state index in [0.717, 1.165) is 27.3 Å². The van der Waals surface area contributed by atoms with Crippen LogP contribution in [0.3, 0.4) is 0 Å². The van der Waals surface area contributed by atoms with Gasteiger partial charge in [-0.05, 0) is 68.0 Å². The second kappa shape index (κ2) is 10.6. The number of thiophene rings is 1. The minimum Gasteiger partial charge on any atom is -0.490 e. The first-order valence-electron chi connectivity index (χ1n) is 11.4. The molecule has 0 saturated carbocycles. The average molecular weight is 463 g/mol. The first-order valence-corrected chi connectivity index (χ1v) is 12.3. The summed E-state index contributed by atoms with van der Waals surface area (Å²) in [5, 5.41) is 5.17. The van der Waals surface area contributed by atoms with Gasteiger partial charge in [-0.25, -0.2) is 0 Å². The smallest absolute Gasteiger partial charge is 0.267 e. The van der Waals surface area contributed by atoms with Crippen LogP contribution < -0.4 is 14.8 Å². The number of ether oxygens (including phenoxy) is 2. The summed E-state index contributed by atoms with van der Waals surface area (Å²) in [6.07, 6.45) is 0.713. The molecule has 0 saturated heterocycles. The lowest BCUT2D eigenvalue weighted by Gasteiger charge is -2.13. The van der Waals surface area contributed by atoms with E-state index in [0.29, 0.717) is 38.4 Å². The Hall–Kier alpha value is -3.25. The quantitative estimate of drug-likeness (QED) is 0.323.